The molecular weight excluding hydrogens is 596 g/mol. The second kappa shape index (κ2) is 11.6. The molecule has 1 aliphatic carbocycles. The van der Waals surface area contributed by atoms with Crippen molar-refractivity contribution in [3.8, 4) is 33.6 Å². The van der Waals surface area contributed by atoms with Gasteiger partial charge >= 0.3 is 6.09 Å². The number of rotatable bonds is 6. The number of nitrogens with zero attached hydrogens (tertiary/aromatic N) is 3. The van der Waals surface area contributed by atoms with E-state index in [1.54, 1.807) is 0 Å². The van der Waals surface area contributed by atoms with E-state index in [1.807, 2.05) is 38.1 Å². The van der Waals surface area contributed by atoms with E-state index < -0.39 is 5.60 Å². The van der Waals surface area contributed by atoms with Gasteiger partial charge in [0.1, 0.15) is 17.2 Å². The Kier molecular flexibility index (Phi) is 7.47. The van der Waals surface area contributed by atoms with E-state index in [2.05, 4.69) is 89.8 Å². The third kappa shape index (κ3) is 5.91. The number of ether oxygens (including phenoxy) is 1. The van der Waals surface area contributed by atoms with Crippen LogP contribution in [0.2, 0.25) is 0 Å². The highest BCUT2D eigenvalue weighted by molar-refractivity contribution is 5.90. The predicted octanol–water partition coefficient (Wildman–Crippen LogP) is 9.20. The monoisotopic (exact) mass is 642 g/mol. The topological polar surface area (TPSA) is 98.9 Å². The molecule has 3 N–H and O–H groups in total. The van der Waals surface area contributed by atoms with Gasteiger partial charge in [-0.3, -0.25) is 4.90 Å². The fraction of sp³-hybridized carbons (Fsp3) is 0.425. The second-order valence-electron chi connectivity index (χ2n) is 15.5. The SMILES string of the molecule is CCC1C[C@@H](C)N[C@@H]1c1ncc(-c2ccc(-c3ccc4cc(-c5cnc([C@@H]6CC7(CC7)CN6C(=O)OC(C)(C)C)[nH]5)ccc4c3)cc2)[nH]1. The van der Waals surface area contributed by atoms with Crippen LogP contribution in [0, 0.1) is 11.3 Å². The van der Waals surface area contributed by atoms with Crippen LogP contribution in [0.15, 0.2) is 73.1 Å². The number of hydrogen-bond acceptors (Lipinski definition) is 5. The predicted molar refractivity (Wildman–Crippen MR) is 190 cm³/mol. The number of aromatic amines is 2. The van der Waals surface area contributed by atoms with Crippen molar-refractivity contribution in [2.75, 3.05) is 6.54 Å². The van der Waals surface area contributed by atoms with E-state index in [0.29, 0.717) is 18.0 Å². The van der Waals surface area contributed by atoms with Crippen molar-refractivity contribution in [2.45, 2.75) is 90.4 Å². The summed E-state index contributed by atoms with van der Waals surface area (Å²) in [6.45, 7) is 11.0. The highest BCUT2D eigenvalue weighted by Gasteiger charge is 2.55. The van der Waals surface area contributed by atoms with E-state index in [9.17, 15) is 4.79 Å². The molecule has 1 unspecified atom stereocenters. The normalized spacial score (nSPS) is 23.3. The summed E-state index contributed by atoms with van der Waals surface area (Å²) in [5.74, 6) is 2.49. The van der Waals surface area contributed by atoms with Crippen LogP contribution in [0.5, 0.6) is 0 Å². The van der Waals surface area contributed by atoms with Crippen molar-refractivity contribution >= 4 is 16.9 Å². The zero-order chi connectivity index (χ0) is 33.2. The molecule has 1 amide bonds. The van der Waals surface area contributed by atoms with Crippen molar-refractivity contribution in [3.05, 3.63) is 84.7 Å². The first-order chi connectivity index (χ1) is 23.1. The number of H-pyrrole nitrogens is 2. The second-order valence-corrected chi connectivity index (χ2v) is 15.5. The molecule has 3 fully saturated rings. The van der Waals surface area contributed by atoms with Crippen LogP contribution in [0.4, 0.5) is 4.79 Å². The molecule has 4 atom stereocenters. The quantitative estimate of drug-likeness (QED) is 0.172. The summed E-state index contributed by atoms with van der Waals surface area (Å²) in [6, 6.07) is 22.6. The Morgan fingerprint density at radius 1 is 0.875 bits per heavy atom. The van der Waals surface area contributed by atoms with Crippen LogP contribution in [-0.2, 0) is 4.74 Å². The largest absolute Gasteiger partial charge is 0.444 e. The van der Waals surface area contributed by atoms with Gasteiger partial charge in [0.2, 0.25) is 0 Å². The molecule has 2 aliphatic heterocycles. The molecule has 0 bridgehead atoms. The van der Waals surface area contributed by atoms with Gasteiger partial charge in [0.25, 0.3) is 0 Å². The Balaban J connectivity index is 0.983. The molecule has 8 heteroatoms. The maximum Gasteiger partial charge on any atom is 0.410 e. The molecule has 248 valence electrons. The summed E-state index contributed by atoms with van der Waals surface area (Å²) in [5.41, 5.74) is 6.28. The van der Waals surface area contributed by atoms with Crippen molar-refractivity contribution in [1.29, 1.82) is 0 Å². The lowest BCUT2D eigenvalue weighted by Crippen LogP contribution is -2.37. The number of carbonyl (C=O) groups excluding carboxylic acids is 1. The maximum absolute atomic E-state index is 13.1. The Morgan fingerprint density at radius 3 is 2.17 bits per heavy atom. The summed E-state index contributed by atoms with van der Waals surface area (Å²) in [7, 11) is 0. The van der Waals surface area contributed by atoms with Gasteiger partial charge in [-0.15, -0.1) is 0 Å². The summed E-state index contributed by atoms with van der Waals surface area (Å²) < 4.78 is 5.77. The Labute approximate surface area is 282 Å². The highest BCUT2D eigenvalue weighted by atomic mass is 16.6. The molecule has 3 aromatic carbocycles. The molecule has 3 aliphatic rings. The number of fused-ring (bicyclic) bond motifs is 1. The maximum atomic E-state index is 13.1. The first-order valence-electron chi connectivity index (χ1n) is 17.6. The Bertz CT molecular complexity index is 1960. The van der Waals surface area contributed by atoms with Crippen LogP contribution >= 0.6 is 0 Å². The van der Waals surface area contributed by atoms with Crippen molar-refractivity contribution < 1.29 is 9.53 Å². The number of benzene rings is 3. The van der Waals surface area contributed by atoms with Gasteiger partial charge in [0.15, 0.2) is 0 Å². The van der Waals surface area contributed by atoms with Crippen molar-refractivity contribution in [2.24, 2.45) is 11.3 Å². The third-order valence-corrected chi connectivity index (χ3v) is 10.7. The lowest BCUT2D eigenvalue weighted by molar-refractivity contribution is 0.0212. The van der Waals surface area contributed by atoms with Gasteiger partial charge in [-0.2, -0.15) is 0 Å². The lowest BCUT2D eigenvalue weighted by Gasteiger charge is -2.27. The van der Waals surface area contributed by atoms with Gasteiger partial charge in [-0.25, -0.2) is 14.8 Å². The van der Waals surface area contributed by atoms with E-state index in [-0.39, 0.29) is 17.6 Å². The van der Waals surface area contributed by atoms with Crippen LogP contribution in [0.3, 0.4) is 0 Å². The zero-order valence-electron chi connectivity index (χ0n) is 28.6. The summed E-state index contributed by atoms with van der Waals surface area (Å²) in [5, 5.41) is 6.06. The first kappa shape index (κ1) is 30.9. The minimum Gasteiger partial charge on any atom is -0.444 e. The standard InChI is InChI=1S/C40H46N6O2/c1-6-25-17-24(2)43-35(25)37-42-21-32(45-37)27-9-7-26(8-10-27)28-11-12-30-19-31(14-13-29(30)18-28)33-22-41-36(44-33)34-20-40(15-16-40)23-46(34)38(47)48-39(3,4)5/h7-14,18-19,21-22,24-25,34-35,43H,6,15-17,20,23H2,1-5H3,(H,41,44)(H,42,45)/t24-,25?,34+,35+/m1/s1. The molecule has 8 nitrogen and oxygen atoms in total. The number of amides is 1. The minimum atomic E-state index is -0.529. The minimum absolute atomic E-state index is 0.0950. The van der Waals surface area contributed by atoms with Gasteiger partial charge in [-0.05, 0) is 104 Å². The van der Waals surface area contributed by atoms with Crippen molar-refractivity contribution in [3.63, 3.8) is 0 Å². The number of likely N-dealkylation sites (tertiary alicyclic amines) is 1. The average Bonchev–Trinajstić information content (AvgIpc) is 3.54. The highest BCUT2D eigenvalue weighted by Crippen LogP contribution is 2.58. The Hall–Kier alpha value is -4.43. The van der Waals surface area contributed by atoms with Gasteiger partial charge in [0.05, 0.1) is 35.9 Å². The average molecular weight is 643 g/mol. The molecule has 2 saturated heterocycles. The van der Waals surface area contributed by atoms with Crippen LogP contribution in [-0.4, -0.2) is 49.1 Å². The summed E-state index contributed by atoms with van der Waals surface area (Å²) >= 11 is 0. The molecule has 48 heavy (non-hydrogen) atoms. The smallest absolute Gasteiger partial charge is 0.410 e. The van der Waals surface area contributed by atoms with Crippen LogP contribution in [0.25, 0.3) is 44.4 Å². The molecule has 8 rings (SSSR count). The number of aromatic nitrogens is 4. The Morgan fingerprint density at radius 2 is 1.48 bits per heavy atom. The van der Waals surface area contributed by atoms with E-state index in [1.165, 1.54) is 28.3 Å². The third-order valence-electron chi connectivity index (χ3n) is 10.7. The molecular formula is C40H46N6O2. The van der Waals surface area contributed by atoms with Gasteiger partial charge in [-0.1, -0.05) is 61.9 Å². The number of carbonyl (C=O) groups is 1. The molecule has 2 aromatic heterocycles. The fourth-order valence-corrected chi connectivity index (χ4v) is 7.89. The van der Waals surface area contributed by atoms with E-state index >= 15 is 0 Å². The fourth-order valence-electron chi connectivity index (χ4n) is 7.89. The van der Waals surface area contributed by atoms with Crippen LogP contribution < -0.4 is 5.32 Å². The molecule has 1 saturated carbocycles. The summed E-state index contributed by atoms with van der Waals surface area (Å²) in [6.07, 6.45) is 9.21. The number of imidazole rings is 2. The molecule has 5 aromatic rings. The number of hydrogen-bond donors (Lipinski definition) is 3. The number of nitrogens with one attached hydrogen (secondary N) is 3. The zero-order valence-corrected chi connectivity index (χ0v) is 28.6. The lowest BCUT2D eigenvalue weighted by atomic mass is 9.96. The van der Waals surface area contributed by atoms with Gasteiger partial charge in [0, 0.05) is 18.2 Å². The van der Waals surface area contributed by atoms with E-state index in [4.69, 9.17) is 14.7 Å². The molecule has 0 radical (unpaired) electrons. The van der Waals surface area contributed by atoms with Crippen LogP contribution in [0.1, 0.15) is 90.5 Å². The molecule has 4 heterocycles. The van der Waals surface area contributed by atoms with E-state index in [0.717, 1.165) is 66.4 Å². The van der Waals surface area contributed by atoms with Crippen molar-refractivity contribution in [1.82, 2.24) is 30.2 Å². The van der Waals surface area contributed by atoms with Gasteiger partial charge < -0.3 is 20.0 Å². The summed E-state index contributed by atoms with van der Waals surface area (Å²) in [4.78, 5) is 31.7. The first-order valence-corrected chi connectivity index (χ1v) is 17.6. The molecule has 1 spiro atoms.